The SMILES string of the molecule is CCNC1CNc2cc(C(F)(F)F)ccc2C1. The fourth-order valence-corrected chi connectivity index (χ4v) is 2.10. The van der Waals surface area contributed by atoms with E-state index in [0.717, 1.165) is 24.6 Å². The van der Waals surface area contributed by atoms with Gasteiger partial charge in [0.05, 0.1) is 5.56 Å². The topological polar surface area (TPSA) is 24.1 Å². The fraction of sp³-hybridized carbons (Fsp3) is 0.500. The molecular weight excluding hydrogens is 229 g/mol. The molecule has 1 atom stereocenters. The Morgan fingerprint density at radius 2 is 2.18 bits per heavy atom. The van der Waals surface area contributed by atoms with E-state index >= 15 is 0 Å². The zero-order chi connectivity index (χ0) is 12.5. The Kier molecular flexibility index (Phi) is 3.28. The quantitative estimate of drug-likeness (QED) is 0.835. The van der Waals surface area contributed by atoms with Crippen LogP contribution < -0.4 is 10.6 Å². The van der Waals surface area contributed by atoms with Gasteiger partial charge < -0.3 is 10.6 Å². The van der Waals surface area contributed by atoms with Gasteiger partial charge in [-0.2, -0.15) is 13.2 Å². The Morgan fingerprint density at radius 3 is 2.82 bits per heavy atom. The maximum absolute atomic E-state index is 12.5. The molecule has 2 rings (SSSR count). The van der Waals surface area contributed by atoms with Crippen molar-refractivity contribution in [2.24, 2.45) is 0 Å². The van der Waals surface area contributed by atoms with E-state index in [1.165, 1.54) is 6.07 Å². The number of benzene rings is 1. The van der Waals surface area contributed by atoms with Gasteiger partial charge in [-0.1, -0.05) is 13.0 Å². The van der Waals surface area contributed by atoms with Crippen LogP contribution in [0, 0.1) is 0 Å². The molecular formula is C12H15F3N2. The molecule has 0 amide bonds. The predicted molar refractivity (Wildman–Crippen MR) is 61.1 cm³/mol. The first-order valence-corrected chi connectivity index (χ1v) is 5.68. The van der Waals surface area contributed by atoms with Crippen molar-refractivity contribution >= 4 is 5.69 Å². The van der Waals surface area contributed by atoms with Gasteiger partial charge in [0.2, 0.25) is 0 Å². The van der Waals surface area contributed by atoms with Gasteiger partial charge >= 0.3 is 6.18 Å². The lowest BCUT2D eigenvalue weighted by molar-refractivity contribution is -0.137. The molecule has 0 fully saturated rings. The van der Waals surface area contributed by atoms with Gasteiger partial charge in [-0.3, -0.25) is 0 Å². The third-order valence-electron chi connectivity index (χ3n) is 2.94. The van der Waals surface area contributed by atoms with Crippen molar-refractivity contribution < 1.29 is 13.2 Å². The van der Waals surface area contributed by atoms with Crippen LogP contribution in [-0.2, 0) is 12.6 Å². The molecule has 0 saturated carbocycles. The van der Waals surface area contributed by atoms with Crippen LogP contribution in [0.4, 0.5) is 18.9 Å². The van der Waals surface area contributed by atoms with E-state index in [1.54, 1.807) is 6.07 Å². The van der Waals surface area contributed by atoms with E-state index in [-0.39, 0.29) is 0 Å². The van der Waals surface area contributed by atoms with Gasteiger partial charge in [-0.05, 0) is 30.7 Å². The third kappa shape index (κ3) is 2.72. The van der Waals surface area contributed by atoms with Crippen LogP contribution in [0.2, 0.25) is 0 Å². The molecule has 1 aliphatic rings. The third-order valence-corrected chi connectivity index (χ3v) is 2.94. The van der Waals surface area contributed by atoms with E-state index in [9.17, 15) is 13.2 Å². The molecule has 1 aromatic rings. The van der Waals surface area contributed by atoms with Crippen LogP contribution in [0.25, 0.3) is 0 Å². The number of nitrogens with one attached hydrogen (secondary N) is 2. The molecule has 0 radical (unpaired) electrons. The van der Waals surface area contributed by atoms with Crippen LogP contribution >= 0.6 is 0 Å². The summed E-state index contributed by atoms with van der Waals surface area (Å²) in [7, 11) is 0. The smallest absolute Gasteiger partial charge is 0.383 e. The van der Waals surface area contributed by atoms with Gasteiger partial charge in [0, 0.05) is 18.3 Å². The molecule has 1 unspecified atom stereocenters. The van der Waals surface area contributed by atoms with E-state index in [4.69, 9.17) is 0 Å². The van der Waals surface area contributed by atoms with E-state index in [2.05, 4.69) is 10.6 Å². The second-order valence-electron chi connectivity index (χ2n) is 4.21. The highest BCUT2D eigenvalue weighted by molar-refractivity contribution is 5.56. The predicted octanol–water partition coefficient (Wildman–Crippen LogP) is 2.65. The zero-order valence-corrected chi connectivity index (χ0v) is 9.56. The Morgan fingerprint density at radius 1 is 1.41 bits per heavy atom. The Balaban J connectivity index is 2.20. The summed E-state index contributed by atoms with van der Waals surface area (Å²) in [5, 5.41) is 6.33. The average molecular weight is 244 g/mol. The largest absolute Gasteiger partial charge is 0.416 e. The first-order chi connectivity index (χ1) is 8.00. The first-order valence-electron chi connectivity index (χ1n) is 5.68. The number of hydrogen-bond acceptors (Lipinski definition) is 2. The van der Waals surface area contributed by atoms with Gasteiger partial charge in [0.1, 0.15) is 0 Å². The fourth-order valence-electron chi connectivity index (χ4n) is 2.10. The molecule has 0 aromatic heterocycles. The lowest BCUT2D eigenvalue weighted by Gasteiger charge is -2.27. The van der Waals surface area contributed by atoms with E-state index in [1.807, 2.05) is 6.92 Å². The van der Waals surface area contributed by atoms with Crippen LogP contribution in [-0.4, -0.2) is 19.1 Å². The summed E-state index contributed by atoms with van der Waals surface area (Å²) in [5.41, 5.74) is 0.954. The second kappa shape index (κ2) is 4.56. The minimum Gasteiger partial charge on any atom is -0.383 e. The molecule has 1 heterocycles. The number of fused-ring (bicyclic) bond motifs is 1. The number of hydrogen-bond donors (Lipinski definition) is 2. The molecule has 2 N–H and O–H groups in total. The molecule has 17 heavy (non-hydrogen) atoms. The van der Waals surface area contributed by atoms with Gasteiger partial charge in [-0.25, -0.2) is 0 Å². The Bertz CT molecular complexity index is 401. The highest BCUT2D eigenvalue weighted by Crippen LogP contribution is 2.33. The molecule has 0 bridgehead atoms. The Labute approximate surface area is 98.2 Å². The number of halogens is 3. The summed E-state index contributed by atoms with van der Waals surface area (Å²) in [4.78, 5) is 0. The van der Waals surface area contributed by atoms with Crippen LogP contribution in [0.15, 0.2) is 18.2 Å². The van der Waals surface area contributed by atoms with E-state index < -0.39 is 11.7 Å². The average Bonchev–Trinajstić information content (AvgIpc) is 2.27. The van der Waals surface area contributed by atoms with Crippen molar-refractivity contribution in [2.45, 2.75) is 25.6 Å². The van der Waals surface area contributed by atoms with Crippen LogP contribution in [0.5, 0.6) is 0 Å². The minimum atomic E-state index is -4.27. The van der Waals surface area contributed by atoms with Crippen LogP contribution in [0.3, 0.4) is 0 Å². The van der Waals surface area contributed by atoms with Gasteiger partial charge in [0.15, 0.2) is 0 Å². The van der Waals surface area contributed by atoms with Crippen molar-refractivity contribution in [3.8, 4) is 0 Å². The Hall–Kier alpha value is -1.23. The van der Waals surface area contributed by atoms with Crippen molar-refractivity contribution in [1.82, 2.24) is 5.32 Å². The second-order valence-corrected chi connectivity index (χ2v) is 4.21. The number of likely N-dealkylation sites (N-methyl/N-ethyl adjacent to an activating group) is 1. The minimum absolute atomic E-state index is 0.296. The number of rotatable bonds is 2. The highest BCUT2D eigenvalue weighted by Gasteiger charge is 2.31. The summed E-state index contributed by atoms with van der Waals surface area (Å²) in [6.45, 7) is 3.55. The summed E-state index contributed by atoms with van der Waals surface area (Å²) in [6.07, 6.45) is -3.50. The first kappa shape index (κ1) is 12.2. The van der Waals surface area contributed by atoms with Crippen LogP contribution in [0.1, 0.15) is 18.1 Å². The molecule has 5 heteroatoms. The summed E-state index contributed by atoms with van der Waals surface area (Å²) in [5.74, 6) is 0. The maximum Gasteiger partial charge on any atom is 0.416 e. The summed E-state index contributed by atoms with van der Waals surface area (Å²) < 4.78 is 37.5. The summed E-state index contributed by atoms with van der Waals surface area (Å²) in [6, 6.07) is 4.20. The van der Waals surface area contributed by atoms with Crippen molar-refractivity contribution in [2.75, 3.05) is 18.4 Å². The molecule has 0 saturated heterocycles. The lowest BCUT2D eigenvalue weighted by Crippen LogP contribution is -2.40. The molecule has 0 spiro atoms. The number of alkyl halides is 3. The lowest BCUT2D eigenvalue weighted by atomic mass is 9.98. The van der Waals surface area contributed by atoms with Gasteiger partial charge in [0.25, 0.3) is 0 Å². The standard InChI is InChI=1S/C12H15F3N2/c1-2-16-10-5-8-3-4-9(12(13,14)15)6-11(8)17-7-10/h3-4,6,10,16-17H,2,5,7H2,1H3. The maximum atomic E-state index is 12.5. The van der Waals surface area contributed by atoms with Gasteiger partial charge in [-0.15, -0.1) is 0 Å². The monoisotopic (exact) mass is 244 g/mol. The molecule has 0 aliphatic carbocycles. The zero-order valence-electron chi connectivity index (χ0n) is 9.56. The van der Waals surface area contributed by atoms with Crippen molar-refractivity contribution in [1.29, 1.82) is 0 Å². The highest BCUT2D eigenvalue weighted by atomic mass is 19.4. The van der Waals surface area contributed by atoms with E-state index in [0.29, 0.717) is 18.3 Å². The molecule has 2 nitrogen and oxygen atoms in total. The molecule has 94 valence electrons. The molecule has 1 aromatic carbocycles. The molecule has 1 aliphatic heterocycles. The van der Waals surface area contributed by atoms with Crippen molar-refractivity contribution in [3.05, 3.63) is 29.3 Å². The number of anilines is 1. The summed E-state index contributed by atoms with van der Waals surface area (Å²) >= 11 is 0. The van der Waals surface area contributed by atoms with Crippen molar-refractivity contribution in [3.63, 3.8) is 0 Å². The normalized spacial score (nSPS) is 19.6.